The zero-order valence-electron chi connectivity index (χ0n) is 48.3. The van der Waals surface area contributed by atoms with Crippen molar-refractivity contribution in [2.45, 2.75) is 45.4 Å². The van der Waals surface area contributed by atoms with Crippen LogP contribution in [0.5, 0.6) is 11.5 Å². The van der Waals surface area contributed by atoms with Gasteiger partial charge in [0.15, 0.2) is 0 Å². The van der Waals surface area contributed by atoms with Crippen molar-refractivity contribution in [3.05, 3.63) is 236 Å². The summed E-state index contributed by atoms with van der Waals surface area (Å²) >= 11 is 0. The van der Waals surface area contributed by atoms with Gasteiger partial charge in [-0.05, 0) is 70.3 Å². The van der Waals surface area contributed by atoms with Crippen LogP contribution in [-0.2, 0) is 31.9 Å². The minimum atomic E-state index is -0.511. The Bertz CT molecular complexity index is 4040. The van der Waals surface area contributed by atoms with Gasteiger partial charge in [-0.25, -0.2) is 4.98 Å². The van der Waals surface area contributed by atoms with Crippen molar-refractivity contribution in [1.82, 2.24) is 9.55 Å². The van der Waals surface area contributed by atoms with Gasteiger partial charge in [-0.1, -0.05) is 173 Å². The van der Waals surface area contributed by atoms with E-state index in [1.54, 1.807) is 29.0 Å². The normalized spacial score (nSPS) is 14.9. The molecule has 0 bridgehead atoms. The van der Waals surface area contributed by atoms with Crippen LogP contribution in [-0.4, -0.2) is 9.55 Å². The third-order valence-electron chi connectivity index (χ3n) is 12.3. The Balaban J connectivity index is 0.00000688. The minimum Gasteiger partial charge on any atom is -0.509 e. The molecule has 0 saturated carbocycles. The molecule has 0 saturated heterocycles. The summed E-state index contributed by atoms with van der Waals surface area (Å²) < 4.78 is 106. The number of fused-ring (bicyclic) bond motifs is 4. The van der Waals surface area contributed by atoms with Crippen LogP contribution in [0.2, 0.25) is 0 Å². The zero-order valence-corrected chi connectivity index (χ0v) is 39.6. The Morgan fingerprint density at radius 3 is 2.04 bits per heavy atom. The number of aromatic nitrogens is 2. The molecular formula is C61H49N4OPt-3. The number of benzene rings is 8. The molecule has 8 aromatic carbocycles. The van der Waals surface area contributed by atoms with Gasteiger partial charge in [-0.15, -0.1) is 48.1 Å². The number of rotatable bonds is 9. The largest absolute Gasteiger partial charge is 0.509 e. The molecule has 3 heterocycles. The molecule has 0 aliphatic carbocycles. The van der Waals surface area contributed by atoms with Gasteiger partial charge in [0.05, 0.1) is 12.3 Å². The van der Waals surface area contributed by atoms with Crippen LogP contribution < -0.4 is 14.5 Å². The van der Waals surface area contributed by atoms with E-state index in [0.29, 0.717) is 22.8 Å². The number of ether oxygens (including phenoxy) is 1. The zero-order chi connectivity index (χ0) is 54.6. The van der Waals surface area contributed by atoms with Crippen molar-refractivity contribution < 1.29 is 40.9 Å². The van der Waals surface area contributed by atoms with E-state index in [-0.39, 0.29) is 102 Å². The van der Waals surface area contributed by atoms with Crippen molar-refractivity contribution in [3.63, 3.8) is 0 Å². The van der Waals surface area contributed by atoms with E-state index in [4.69, 9.17) is 20.7 Å². The number of pyridine rings is 1. The van der Waals surface area contributed by atoms with Crippen LogP contribution in [0.4, 0.5) is 22.7 Å². The van der Waals surface area contributed by atoms with Crippen LogP contribution in [0.3, 0.4) is 0 Å². The molecule has 6 heteroatoms. The molecule has 67 heavy (non-hydrogen) atoms. The van der Waals surface area contributed by atoms with Crippen LogP contribution in [0.25, 0.3) is 49.9 Å². The maximum absolute atomic E-state index is 9.47. The van der Waals surface area contributed by atoms with E-state index in [1.807, 2.05) is 114 Å². The van der Waals surface area contributed by atoms with Crippen molar-refractivity contribution >= 4 is 44.6 Å². The molecule has 0 N–H and O–H groups in total. The summed E-state index contributed by atoms with van der Waals surface area (Å²) in [6.45, 7) is 12.4. The van der Waals surface area contributed by atoms with E-state index >= 15 is 0 Å². The maximum atomic E-state index is 9.47. The Morgan fingerprint density at radius 2 is 1.25 bits per heavy atom. The van der Waals surface area contributed by atoms with Crippen molar-refractivity contribution in [2.24, 2.45) is 0 Å². The molecule has 1 aliphatic heterocycles. The molecule has 0 atom stereocenters. The average Bonchev–Trinajstić information content (AvgIpc) is 4.23. The molecule has 1 aliphatic rings. The predicted octanol–water partition coefficient (Wildman–Crippen LogP) is 15.9. The third kappa shape index (κ3) is 8.02. The van der Waals surface area contributed by atoms with E-state index in [9.17, 15) is 4.11 Å². The van der Waals surface area contributed by atoms with Crippen molar-refractivity contribution in [1.29, 1.82) is 0 Å². The van der Waals surface area contributed by atoms with Crippen LogP contribution in [0, 0.1) is 18.8 Å². The van der Waals surface area contributed by atoms with Crippen molar-refractivity contribution in [2.75, 3.05) is 9.80 Å². The van der Waals surface area contributed by atoms with Gasteiger partial charge in [0.1, 0.15) is 5.82 Å². The number of hydrogen-bond acceptors (Lipinski definition) is 4. The predicted molar refractivity (Wildman–Crippen MR) is 272 cm³/mol. The molecule has 0 radical (unpaired) electrons. The number of para-hydroxylation sites is 4. The summed E-state index contributed by atoms with van der Waals surface area (Å²) in [5, 5.41) is 0.148. The first-order chi connectivity index (χ1) is 36.7. The topological polar surface area (TPSA) is 33.5 Å². The quantitative estimate of drug-likeness (QED) is 0.135. The van der Waals surface area contributed by atoms with Gasteiger partial charge >= 0.3 is 0 Å². The molecule has 11 rings (SSSR count). The summed E-state index contributed by atoms with van der Waals surface area (Å²) in [5.74, 6) is 0.319. The summed E-state index contributed by atoms with van der Waals surface area (Å²) in [7, 11) is 0. The summed E-state index contributed by atoms with van der Waals surface area (Å²) in [5.41, 5.74) is 7.14. The van der Waals surface area contributed by atoms with Crippen LogP contribution in [0.1, 0.15) is 66.4 Å². The molecule has 5 nitrogen and oxygen atoms in total. The molecular weight excluding hydrogens is 1000 g/mol. The van der Waals surface area contributed by atoms with Gasteiger partial charge < -0.3 is 19.1 Å². The second kappa shape index (κ2) is 17.5. The summed E-state index contributed by atoms with van der Waals surface area (Å²) in [4.78, 5) is 8.59. The Hall–Kier alpha value is -7.20. The fraction of sp³-hybridized carbons (Fsp3) is 0.115. The molecule has 0 fully saturated rings. The standard InChI is InChI=1S/C61H49N4O.Pt/c1-60(2,3)45-24-16-21-43(37-45)51-29-18-28-50(42-19-8-6-9-20-42)59(51)64-41-63(55-31-14-15-32-56(55)64)47-25-17-26-48(39-47)66-49-33-34-53-52-27-12-13-30-54(52)65(57(53)40-49)58-38-46(35-36-62-58)61(4,5)44-22-10-7-11-23-44;/h6-38,41H,1-5H3;/q-3;/i6D,8D,9D,12D,13D,19D,20D,27D,30D,33D,34D;. The Kier molecular flexibility index (Phi) is 8.50. The number of nitrogens with zero attached hydrogens (tertiary/aromatic N) is 4. The molecule has 332 valence electrons. The van der Waals surface area contributed by atoms with Gasteiger partial charge in [0.25, 0.3) is 0 Å². The average molecular weight is 1060 g/mol. The molecule has 10 aromatic rings. The fourth-order valence-corrected chi connectivity index (χ4v) is 8.73. The van der Waals surface area contributed by atoms with Crippen LogP contribution in [0.15, 0.2) is 200 Å². The van der Waals surface area contributed by atoms with E-state index in [0.717, 1.165) is 39.2 Å². The van der Waals surface area contributed by atoms with Gasteiger partial charge in [0, 0.05) is 79.3 Å². The minimum absolute atomic E-state index is 0. The van der Waals surface area contributed by atoms with Crippen molar-refractivity contribution in [3.8, 4) is 39.6 Å². The smallest absolute Gasteiger partial charge is 0.135 e. The number of hydrogen-bond donors (Lipinski definition) is 0. The van der Waals surface area contributed by atoms with Gasteiger partial charge in [-0.2, -0.15) is 12.1 Å². The monoisotopic (exact) mass is 1060 g/mol. The SMILES string of the molecule is [2H]c1c([2H])c([2H])c(-c2cccc(-c3cccc(C(C)(C)C)c3)c2N2[CH-]N(c3[c-]c(Oc4[c-]c5c(c([2H])c4[2H])c4c([2H])c([2H])c([2H])c([2H])c4n5-c4cc(C(C)(C)c5ccccc5)ccn4)ccc3)c3ccccc32)c([2H])c1[2H].[Pt]. The second-order valence-electron chi connectivity index (χ2n) is 17.8. The van der Waals surface area contributed by atoms with E-state index < -0.39 is 35.6 Å². The summed E-state index contributed by atoms with van der Waals surface area (Å²) in [6.07, 6.45) is 1.64. The first kappa shape index (κ1) is 32.5. The van der Waals surface area contributed by atoms with Gasteiger partial charge in [0.2, 0.25) is 0 Å². The molecule has 0 spiro atoms. The van der Waals surface area contributed by atoms with Gasteiger partial charge in [-0.3, -0.25) is 0 Å². The summed E-state index contributed by atoms with van der Waals surface area (Å²) in [6, 6.07) is 42.6. The first-order valence-electron chi connectivity index (χ1n) is 27.2. The second-order valence-corrected chi connectivity index (χ2v) is 17.8. The Morgan fingerprint density at radius 1 is 0.567 bits per heavy atom. The fourth-order valence-electron chi connectivity index (χ4n) is 8.73. The third-order valence-corrected chi connectivity index (χ3v) is 12.3. The maximum Gasteiger partial charge on any atom is 0.135 e. The molecule has 0 unspecified atom stereocenters. The van der Waals surface area contributed by atoms with E-state index in [1.165, 1.54) is 0 Å². The van der Waals surface area contributed by atoms with Crippen LogP contribution >= 0.6 is 0 Å². The Labute approximate surface area is 423 Å². The molecule has 2 aromatic heterocycles. The molecule has 0 amide bonds. The van der Waals surface area contributed by atoms with E-state index in [2.05, 4.69) is 58.9 Å². The number of anilines is 4. The first-order valence-corrected chi connectivity index (χ1v) is 21.7.